The van der Waals surface area contributed by atoms with E-state index in [2.05, 4.69) is 125 Å². The molecule has 99 heavy (non-hydrogen) atoms. The van der Waals surface area contributed by atoms with E-state index in [-0.39, 0.29) is 41.9 Å². The minimum atomic E-state index is -4.02. The summed E-state index contributed by atoms with van der Waals surface area (Å²) in [5.74, 6) is -0.630. The van der Waals surface area contributed by atoms with Crippen molar-refractivity contribution in [3.63, 3.8) is 0 Å². The fraction of sp³-hybridized carbons (Fsp3) is 1.00. The highest BCUT2D eigenvalue weighted by molar-refractivity contribution is 5.10. The first-order chi connectivity index (χ1) is 43.3. The van der Waals surface area contributed by atoms with Crippen molar-refractivity contribution in [2.24, 2.45) is 109 Å². The molecule has 11 aliphatic rings. The van der Waals surface area contributed by atoms with E-state index in [4.69, 9.17) is 0 Å². The third kappa shape index (κ3) is 24.8. The molecule has 2 spiro atoms. The molecule has 0 unspecified atom stereocenters. The van der Waals surface area contributed by atoms with Crippen LogP contribution in [0.5, 0.6) is 0 Å². The fourth-order valence-electron chi connectivity index (χ4n) is 17.7. The molecule has 0 aromatic rings. The van der Waals surface area contributed by atoms with Gasteiger partial charge in [-0.1, -0.05) is 240 Å². The lowest BCUT2D eigenvalue weighted by Crippen LogP contribution is -2.55. The number of alkyl halides is 14. The van der Waals surface area contributed by atoms with Crippen molar-refractivity contribution >= 4 is 0 Å². The minimum Gasteiger partial charge on any atom is -0.207 e. The Morgan fingerprint density at radius 2 is 0.535 bits per heavy atom. The predicted molar refractivity (Wildman–Crippen MR) is 389 cm³/mol. The first-order valence-corrected chi connectivity index (χ1v) is 39.0. The first kappa shape index (κ1) is 92.2. The maximum atomic E-state index is 12.7. The van der Waals surface area contributed by atoms with Crippen molar-refractivity contribution in [3.8, 4) is 0 Å². The fourth-order valence-corrected chi connectivity index (χ4v) is 17.7. The van der Waals surface area contributed by atoms with Gasteiger partial charge in [-0.3, -0.25) is 0 Å². The van der Waals surface area contributed by atoms with Crippen molar-refractivity contribution in [2.75, 3.05) is 0 Å². The van der Waals surface area contributed by atoms with Crippen LogP contribution < -0.4 is 0 Å². The quantitative estimate of drug-likeness (QED) is 0.247. The average Bonchev–Trinajstić information content (AvgIpc) is 1.44. The molecule has 0 amide bonds. The molecule has 0 aromatic carbocycles. The molecular formula is C85H152F14. The van der Waals surface area contributed by atoms with Gasteiger partial charge in [-0.05, 0) is 235 Å². The largest absolute Gasteiger partial charge is 0.395 e. The van der Waals surface area contributed by atoms with Crippen LogP contribution in [0.4, 0.5) is 61.5 Å². The molecule has 0 bridgehead atoms. The smallest absolute Gasteiger partial charge is 0.207 e. The van der Waals surface area contributed by atoms with Crippen molar-refractivity contribution in [1.82, 2.24) is 0 Å². The highest BCUT2D eigenvalue weighted by Gasteiger charge is 2.69. The van der Waals surface area contributed by atoms with E-state index < -0.39 is 63.1 Å². The molecule has 0 saturated heterocycles. The van der Waals surface area contributed by atoms with E-state index >= 15 is 0 Å². The maximum absolute atomic E-state index is 12.7. The van der Waals surface area contributed by atoms with Crippen LogP contribution in [0.1, 0.15) is 400 Å². The third-order valence-corrected chi connectivity index (χ3v) is 27.5. The summed E-state index contributed by atoms with van der Waals surface area (Å²) in [6.07, 6.45) is 11.5. The van der Waals surface area contributed by atoms with Gasteiger partial charge in [-0.15, -0.1) is 0 Å². The lowest BCUT2D eigenvalue weighted by molar-refractivity contribution is -0.286. The van der Waals surface area contributed by atoms with E-state index in [1.54, 1.807) is 54.4 Å². The van der Waals surface area contributed by atoms with Crippen molar-refractivity contribution in [3.05, 3.63) is 0 Å². The lowest BCUT2D eigenvalue weighted by Gasteiger charge is -2.60. The van der Waals surface area contributed by atoms with E-state index in [1.165, 1.54) is 77.0 Å². The van der Waals surface area contributed by atoms with Gasteiger partial charge < -0.3 is 0 Å². The Balaban J connectivity index is 0.000000291. The normalized spacial score (nSPS) is 25.3. The third-order valence-electron chi connectivity index (χ3n) is 27.5. The van der Waals surface area contributed by atoms with Crippen molar-refractivity contribution in [2.45, 2.75) is 431 Å². The van der Waals surface area contributed by atoms with Crippen LogP contribution in [-0.4, -0.2) is 30.6 Å². The van der Waals surface area contributed by atoms with Crippen molar-refractivity contribution < 1.29 is 61.5 Å². The van der Waals surface area contributed by atoms with Gasteiger partial charge in [0.1, 0.15) is 0 Å². The number of rotatable bonds is 3. The molecule has 11 fully saturated rings. The molecule has 11 saturated carbocycles. The van der Waals surface area contributed by atoms with Crippen LogP contribution in [0.25, 0.3) is 0 Å². The van der Waals surface area contributed by atoms with Gasteiger partial charge in [-0.25, -0.2) is 8.78 Å². The summed E-state index contributed by atoms with van der Waals surface area (Å²) in [4.78, 5) is 0. The van der Waals surface area contributed by atoms with E-state index in [0.29, 0.717) is 95.2 Å². The molecule has 0 N–H and O–H groups in total. The Labute approximate surface area is 599 Å². The van der Waals surface area contributed by atoms with Crippen LogP contribution in [0.15, 0.2) is 0 Å². The van der Waals surface area contributed by atoms with Crippen LogP contribution in [0.2, 0.25) is 0 Å². The van der Waals surface area contributed by atoms with Gasteiger partial charge in [0.25, 0.3) is 0 Å². The Morgan fingerprint density at radius 3 is 0.616 bits per heavy atom. The molecule has 0 aliphatic heterocycles. The molecule has 0 heterocycles. The summed E-state index contributed by atoms with van der Waals surface area (Å²) in [7, 11) is 0. The lowest BCUT2D eigenvalue weighted by atomic mass is 9.46. The summed E-state index contributed by atoms with van der Waals surface area (Å²) >= 11 is 0. The van der Waals surface area contributed by atoms with Gasteiger partial charge >= 0.3 is 24.7 Å². The molecular weight excluding hydrogens is 1290 g/mol. The molecule has 0 atom stereocenters. The van der Waals surface area contributed by atoms with Gasteiger partial charge in [0, 0.05) is 12.8 Å². The zero-order chi connectivity index (χ0) is 77.9. The van der Waals surface area contributed by atoms with Crippen LogP contribution in [0, 0.1) is 109 Å². The average molecular weight is 1440 g/mol. The molecule has 590 valence electrons. The monoisotopic (exact) mass is 1440 g/mol. The number of hydrogen-bond donors (Lipinski definition) is 0. The molecule has 0 radical (unpaired) electrons. The van der Waals surface area contributed by atoms with Crippen molar-refractivity contribution in [1.29, 1.82) is 0 Å². The summed E-state index contributed by atoms with van der Waals surface area (Å²) in [6, 6.07) is 0. The Morgan fingerprint density at radius 1 is 0.273 bits per heavy atom. The summed E-state index contributed by atoms with van der Waals surface area (Å²) in [5.41, 5.74) is -1.69. The van der Waals surface area contributed by atoms with Crippen LogP contribution in [-0.2, 0) is 0 Å². The van der Waals surface area contributed by atoms with Crippen LogP contribution in [0.3, 0.4) is 0 Å². The minimum absolute atomic E-state index is 0.0570. The van der Waals surface area contributed by atoms with Gasteiger partial charge in [0.05, 0.1) is 21.7 Å². The molecule has 11 aliphatic carbocycles. The summed E-state index contributed by atoms with van der Waals surface area (Å²) < 4.78 is 176. The topological polar surface area (TPSA) is 0 Å². The zero-order valence-electron chi connectivity index (χ0n) is 69.2. The second-order valence-electron chi connectivity index (χ2n) is 45.8. The van der Waals surface area contributed by atoms with Gasteiger partial charge in [0.2, 0.25) is 5.92 Å². The Hall–Kier alpha value is -0.980. The summed E-state index contributed by atoms with van der Waals surface area (Å²) in [5, 5.41) is 0. The molecule has 0 nitrogen and oxygen atoms in total. The van der Waals surface area contributed by atoms with Gasteiger partial charge in [-0.2, -0.15) is 52.7 Å². The maximum Gasteiger partial charge on any atom is 0.395 e. The van der Waals surface area contributed by atoms with E-state index in [1.807, 2.05) is 41.5 Å². The van der Waals surface area contributed by atoms with E-state index in [0.717, 1.165) is 42.4 Å². The van der Waals surface area contributed by atoms with E-state index in [9.17, 15) is 61.5 Å². The molecule has 11 rings (SSSR count). The molecule has 0 aromatic heterocycles. The first-order valence-electron chi connectivity index (χ1n) is 39.0. The highest BCUT2D eigenvalue weighted by atomic mass is 19.4. The summed E-state index contributed by atoms with van der Waals surface area (Å²) in [6.45, 7) is 63.4. The standard InChI is InChI=1S/C11H18F2.C11H20.C10H17F3.2C9H15F3.3C9H18.C8H13F3/c1-9(2,3)8-4-10(5-8)6-11(12,13)7-10;1-10(2,3)9-7-11(8-9)5-4-6-11;1-8(2,3)7-9(5-4-6-9)10(11,12)13;1-7(2,3)6-8(4-5-8)9(10,11)12;1-7(2,3)8(5-4-6-8)9(10,11)12;1-8(2,3)7-9(4)5-6-9;2*1-8(2,3)9(4)6-5-7-9;1-6(2,3)7(4-5-7)8(9,10)11/h8H,4-7H2,1-3H3;9H,4-8H2,1-3H3;4-7H2,1-3H3;2*4-6H2,1-3H3;3*5-7H2,1-4H3;4-5H2,1-3H3. The molecule has 14 heteroatoms. The number of hydrogen-bond acceptors (Lipinski definition) is 0. The zero-order valence-corrected chi connectivity index (χ0v) is 69.2. The number of halogens is 14. The SMILES string of the molecule is CC(C)(C)C1(C(F)(F)F)CC1.CC(C)(C)C1(C(F)(F)F)CCC1.CC(C)(C)C1(C)CCC1.CC(C)(C)C1(C)CCC1.CC(C)(C)C1CC2(C1)CC(F)(F)C2.CC(C)(C)C1CC2(CCC2)C1.CC(C)(C)CC1(C(F)(F)F)CC1.CC(C)(C)CC1(C(F)(F)F)CCC1.CC(C)(C)CC1(C)CC1. The second-order valence-corrected chi connectivity index (χ2v) is 45.8. The Kier molecular flexibility index (Phi) is 27.8. The predicted octanol–water partition coefficient (Wildman–Crippen LogP) is 32.2. The van der Waals surface area contributed by atoms with Gasteiger partial charge in [0.15, 0.2) is 0 Å². The Bertz CT molecular complexity index is 2380. The highest BCUT2D eigenvalue weighted by Crippen LogP contribution is 2.70. The van der Waals surface area contributed by atoms with Crippen LogP contribution >= 0.6 is 0 Å². The second kappa shape index (κ2) is 29.9.